The largest absolute Gasteiger partial charge is 0.379 e. The van der Waals surface area contributed by atoms with E-state index in [-0.39, 0.29) is 6.03 Å². The van der Waals surface area contributed by atoms with Crippen LogP contribution in [0.1, 0.15) is 6.92 Å². The lowest BCUT2D eigenvalue weighted by Crippen LogP contribution is -2.51. The third kappa shape index (κ3) is 3.20. The number of morpholine rings is 1. The van der Waals surface area contributed by atoms with Crippen LogP contribution >= 0.6 is 0 Å². The monoisotopic (exact) mass is 187 g/mol. The molecule has 0 unspecified atom stereocenters. The molecule has 1 rings (SSSR count). The van der Waals surface area contributed by atoms with Gasteiger partial charge in [0.25, 0.3) is 0 Å². The molecule has 0 radical (unpaired) electrons. The van der Waals surface area contributed by atoms with Crippen LogP contribution in [0.5, 0.6) is 0 Å². The molecule has 0 atom stereocenters. The Morgan fingerprint density at radius 2 is 2.15 bits per heavy atom. The molecule has 1 fully saturated rings. The third-order valence-electron chi connectivity index (χ3n) is 2.09. The topological polar surface area (TPSA) is 44.8 Å². The molecule has 5 heteroatoms. The number of carbonyl (C=O) groups excluding carboxylic acids is 1. The second-order valence-electron chi connectivity index (χ2n) is 3.03. The molecule has 5 nitrogen and oxygen atoms in total. The van der Waals surface area contributed by atoms with Crippen molar-refractivity contribution in [3.05, 3.63) is 0 Å². The number of urea groups is 1. The summed E-state index contributed by atoms with van der Waals surface area (Å²) in [5.74, 6) is 0. The van der Waals surface area contributed by atoms with E-state index in [1.54, 1.807) is 11.9 Å². The number of hydrazine groups is 1. The Morgan fingerprint density at radius 1 is 1.54 bits per heavy atom. The molecule has 0 aromatic rings. The summed E-state index contributed by atoms with van der Waals surface area (Å²) in [5, 5.41) is 1.89. The van der Waals surface area contributed by atoms with Crippen LogP contribution < -0.4 is 5.43 Å². The van der Waals surface area contributed by atoms with Crippen LogP contribution in [0.25, 0.3) is 0 Å². The molecule has 0 spiro atoms. The zero-order valence-electron chi connectivity index (χ0n) is 8.25. The zero-order valence-corrected chi connectivity index (χ0v) is 8.25. The van der Waals surface area contributed by atoms with Crippen LogP contribution in [0.15, 0.2) is 0 Å². The van der Waals surface area contributed by atoms with Crippen LogP contribution in [0.4, 0.5) is 4.79 Å². The Balaban J connectivity index is 2.26. The van der Waals surface area contributed by atoms with Gasteiger partial charge in [0.1, 0.15) is 0 Å². The summed E-state index contributed by atoms with van der Waals surface area (Å²) in [6.07, 6.45) is 0. The van der Waals surface area contributed by atoms with E-state index in [0.717, 1.165) is 19.6 Å². The summed E-state index contributed by atoms with van der Waals surface area (Å²) < 4.78 is 5.16. The SMILES string of the molecule is CCN(C)C(=O)NN1CCOCC1. The molecule has 0 aliphatic carbocycles. The minimum absolute atomic E-state index is 0.0515. The Bertz CT molecular complexity index is 169. The predicted molar refractivity (Wildman–Crippen MR) is 49.2 cm³/mol. The molecule has 1 N–H and O–H groups in total. The smallest absolute Gasteiger partial charge is 0.331 e. The number of ether oxygens (including phenoxy) is 1. The van der Waals surface area contributed by atoms with E-state index >= 15 is 0 Å². The van der Waals surface area contributed by atoms with Crippen molar-refractivity contribution < 1.29 is 9.53 Å². The fourth-order valence-corrected chi connectivity index (χ4v) is 1.04. The second-order valence-corrected chi connectivity index (χ2v) is 3.03. The zero-order chi connectivity index (χ0) is 9.68. The highest BCUT2D eigenvalue weighted by molar-refractivity contribution is 5.73. The number of nitrogens with zero attached hydrogens (tertiary/aromatic N) is 2. The molecule has 1 aliphatic rings. The lowest BCUT2D eigenvalue weighted by molar-refractivity contribution is 0.0168. The van der Waals surface area contributed by atoms with Gasteiger partial charge in [-0.05, 0) is 6.92 Å². The minimum atomic E-state index is -0.0515. The summed E-state index contributed by atoms with van der Waals surface area (Å²) in [7, 11) is 1.77. The minimum Gasteiger partial charge on any atom is -0.379 e. The van der Waals surface area contributed by atoms with Gasteiger partial charge in [-0.15, -0.1) is 0 Å². The Labute approximate surface area is 78.6 Å². The number of hydrogen-bond acceptors (Lipinski definition) is 3. The van der Waals surface area contributed by atoms with Crippen LogP contribution in [-0.4, -0.2) is 55.8 Å². The van der Waals surface area contributed by atoms with E-state index in [1.807, 2.05) is 11.9 Å². The summed E-state index contributed by atoms with van der Waals surface area (Å²) in [4.78, 5) is 13.0. The standard InChI is InChI=1S/C8H17N3O2/c1-3-10(2)8(12)9-11-4-6-13-7-5-11/h3-7H2,1-2H3,(H,9,12). The lowest BCUT2D eigenvalue weighted by atomic mass is 10.5. The fourth-order valence-electron chi connectivity index (χ4n) is 1.04. The molecule has 0 aromatic carbocycles. The molecule has 1 aliphatic heterocycles. The molecular weight excluding hydrogens is 170 g/mol. The van der Waals surface area contributed by atoms with Crippen LogP contribution in [-0.2, 0) is 4.74 Å². The van der Waals surface area contributed by atoms with Crippen molar-refractivity contribution in [2.75, 3.05) is 39.9 Å². The van der Waals surface area contributed by atoms with Crippen molar-refractivity contribution in [3.63, 3.8) is 0 Å². The van der Waals surface area contributed by atoms with Gasteiger partial charge in [0.05, 0.1) is 13.2 Å². The number of nitrogens with one attached hydrogen (secondary N) is 1. The van der Waals surface area contributed by atoms with Gasteiger partial charge in [-0.25, -0.2) is 9.80 Å². The Kier molecular flexibility index (Phi) is 3.98. The van der Waals surface area contributed by atoms with E-state index < -0.39 is 0 Å². The summed E-state index contributed by atoms with van der Waals surface area (Å²) in [6, 6.07) is -0.0515. The quantitative estimate of drug-likeness (QED) is 0.656. The highest BCUT2D eigenvalue weighted by Crippen LogP contribution is 1.93. The maximum absolute atomic E-state index is 11.4. The molecular formula is C8H17N3O2. The van der Waals surface area contributed by atoms with Gasteiger partial charge >= 0.3 is 6.03 Å². The van der Waals surface area contributed by atoms with Gasteiger partial charge in [-0.3, -0.25) is 5.43 Å². The van der Waals surface area contributed by atoms with Gasteiger partial charge in [0, 0.05) is 26.7 Å². The fraction of sp³-hybridized carbons (Fsp3) is 0.875. The Hall–Kier alpha value is -0.810. The maximum Gasteiger partial charge on any atom is 0.331 e. The molecule has 0 bridgehead atoms. The van der Waals surface area contributed by atoms with Crippen molar-refractivity contribution >= 4 is 6.03 Å². The first-order valence-corrected chi connectivity index (χ1v) is 4.58. The molecule has 1 saturated heterocycles. The first-order chi connectivity index (χ1) is 6.24. The van der Waals surface area contributed by atoms with Gasteiger partial charge in [0.15, 0.2) is 0 Å². The molecule has 1 heterocycles. The van der Waals surface area contributed by atoms with Crippen LogP contribution in [0.3, 0.4) is 0 Å². The summed E-state index contributed by atoms with van der Waals surface area (Å²) >= 11 is 0. The Morgan fingerprint density at radius 3 is 2.69 bits per heavy atom. The number of amides is 2. The van der Waals surface area contributed by atoms with E-state index in [0.29, 0.717) is 13.2 Å². The number of rotatable bonds is 2. The van der Waals surface area contributed by atoms with Gasteiger partial charge in [0.2, 0.25) is 0 Å². The van der Waals surface area contributed by atoms with E-state index in [2.05, 4.69) is 5.43 Å². The number of hydrogen-bond donors (Lipinski definition) is 1. The van der Waals surface area contributed by atoms with Crippen molar-refractivity contribution in [3.8, 4) is 0 Å². The summed E-state index contributed by atoms with van der Waals surface area (Å²) in [5.41, 5.74) is 2.81. The van der Waals surface area contributed by atoms with Gasteiger partial charge in [-0.1, -0.05) is 0 Å². The highest BCUT2D eigenvalue weighted by Gasteiger charge is 2.14. The predicted octanol–water partition coefficient (Wildman–Crippen LogP) is -0.105. The first kappa shape index (κ1) is 10.3. The molecule has 13 heavy (non-hydrogen) atoms. The van der Waals surface area contributed by atoms with Gasteiger partial charge in [-0.2, -0.15) is 0 Å². The van der Waals surface area contributed by atoms with E-state index in [1.165, 1.54) is 0 Å². The molecule has 0 aromatic heterocycles. The van der Waals surface area contributed by atoms with Crippen molar-refractivity contribution in [1.82, 2.24) is 15.3 Å². The third-order valence-corrected chi connectivity index (χ3v) is 2.09. The maximum atomic E-state index is 11.4. The molecule has 76 valence electrons. The highest BCUT2D eigenvalue weighted by atomic mass is 16.5. The first-order valence-electron chi connectivity index (χ1n) is 4.58. The van der Waals surface area contributed by atoms with Crippen LogP contribution in [0.2, 0.25) is 0 Å². The second kappa shape index (κ2) is 5.04. The number of carbonyl (C=O) groups is 1. The molecule has 2 amide bonds. The van der Waals surface area contributed by atoms with Gasteiger partial charge < -0.3 is 9.64 Å². The molecule has 0 saturated carbocycles. The van der Waals surface area contributed by atoms with Crippen LogP contribution in [0, 0.1) is 0 Å². The summed E-state index contributed by atoms with van der Waals surface area (Å²) in [6.45, 7) is 5.58. The van der Waals surface area contributed by atoms with E-state index in [4.69, 9.17) is 4.74 Å². The van der Waals surface area contributed by atoms with E-state index in [9.17, 15) is 4.79 Å². The average molecular weight is 187 g/mol. The van der Waals surface area contributed by atoms with Crippen molar-refractivity contribution in [2.45, 2.75) is 6.92 Å². The average Bonchev–Trinajstić information content (AvgIpc) is 2.18. The van der Waals surface area contributed by atoms with Crippen molar-refractivity contribution in [1.29, 1.82) is 0 Å². The van der Waals surface area contributed by atoms with Crippen molar-refractivity contribution in [2.24, 2.45) is 0 Å². The lowest BCUT2D eigenvalue weighted by Gasteiger charge is -2.28. The normalized spacial score (nSPS) is 18.3.